The van der Waals surface area contributed by atoms with Gasteiger partial charge in [0.2, 0.25) is 10.0 Å². The first-order valence-electron chi connectivity index (χ1n) is 7.93. The number of sulfonamides is 1. The van der Waals surface area contributed by atoms with Gasteiger partial charge >= 0.3 is 0 Å². The lowest BCUT2D eigenvalue weighted by Gasteiger charge is -2.31. The summed E-state index contributed by atoms with van der Waals surface area (Å²) in [6.07, 6.45) is 2.95. The second-order valence-electron chi connectivity index (χ2n) is 6.20. The summed E-state index contributed by atoms with van der Waals surface area (Å²) in [5, 5.41) is 4.08. The van der Waals surface area contributed by atoms with Gasteiger partial charge in [0.05, 0.1) is 16.1 Å². The Morgan fingerprint density at radius 2 is 2.00 bits per heavy atom. The Kier molecular flexibility index (Phi) is 5.30. The van der Waals surface area contributed by atoms with Gasteiger partial charge < -0.3 is 4.90 Å². The van der Waals surface area contributed by atoms with E-state index in [0.717, 1.165) is 30.6 Å². The van der Waals surface area contributed by atoms with Gasteiger partial charge in [0.25, 0.3) is 5.56 Å². The third-order valence-electron chi connectivity index (χ3n) is 4.29. The number of benzene rings is 1. The molecule has 0 fully saturated rings. The number of aryl methyl sites for hydroxylation is 1. The maximum absolute atomic E-state index is 12.3. The summed E-state index contributed by atoms with van der Waals surface area (Å²) in [7, 11) is -0.482. The summed E-state index contributed by atoms with van der Waals surface area (Å²) in [5.41, 5.74) is 1.35. The zero-order valence-corrected chi connectivity index (χ0v) is 16.6. The highest BCUT2D eigenvalue weighted by atomic mass is 35.5. The summed E-state index contributed by atoms with van der Waals surface area (Å²) < 4.78 is 27.1. The minimum Gasteiger partial charge on any atom is -0.352 e. The van der Waals surface area contributed by atoms with E-state index < -0.39 is 15.6 Å². The first-order chi connectivity index (χ1) is 12.2. The Balaban J connectivity index is 1.95. The van der Waals surface area contributed by atoms with Gasteiger partial charge in [-0.2, -0.15) is 5.10 Å². The number of anilines is 1. The highest BCUT2D eigenvalue weighted by Crippen LogP contribution is 2.30. The number of aromatic nitrogens is 2. The van der Waals surface area contributed by atoms with Crippen molar-refractivity contribution in [3.05, 3.63) is 50.4 Å². The van der Waals surface area contributed by atoms with Crippen molar-refractivity contribution < 1.29 is 8.42 Å². The van der Waals surface area contributed by atoms with E-state index in [-0.39, 0.29) is 21.6 Å². The van der Waals surface area contributed by atoms with Gasteiger partial charge in [0.15, 0.2) is 0 Å². The molecule has 0 saturated carbocycles. The van der Waals surface area contributed by atoms with Crippen molar-refractivity contribution in [1.29, 1.82) is 0 Å². The summed E-state index contributed by atoms with van der Waals surface area (Å²) >= 11 is 11.7. The number of halogens is 2. The summed E-state index contributed by atoms with van der Waals surface area (Å²) in [4.78, 5) is 14.4. The monoisotopic (exact) mass is 416 g/mol. The first-order valence-corrected chi connectivity index (χ1v) is 10.1. The van der Waals surface area contributed by atoms with Crippen LogP contribution < -0.4 is 10.5 Å². The summed E-state index contributed by atoms with van der Waals surface area (Å²) in [5.74, 6) is 0. The van der Waals surface area contributed by atoms with Crippen LogP contribution in [0.3, 0.4) is 0 Å². The van der Waals surface area contributed by atoms with Crippen LogP contribution in [-0.2, 0) is 23.1 Å². The van der Waals surface area contributed by atoms with Crippen molar-refractivity contribution in [3.63, 3.8) is 0 Å². The lowest BCUT2D eigenvalue weighted by molar-refractivity contribution is 0.518. The number of fused-ring (bicyclic) bond motifs is 1. The molecule has 0 bridgehead atoms. The third-order valence-corrected chi connectivity index (χ3v) is 6.85. The molecule has 1 aromatic heterocycles. The lowest BCUT2D eigenvalue weighted by atomic mass is 10.0. The average molecular weight is 417 g/mol. The van der Waals surface area contributed by atoms with Crippen molar-refractivity contribution in [1.82, 2.24) is 14.1 Å². The van der Waals surface area contributed by atoms with E-state index in [1.807, 2.05) is 4.90 Å². The van der Waals surface area contributed by atoms with Gasteiger partial charge in [-0.25, -0.2) is 17.4 Å². The molecule has 1 aliphatic heterocycles. The number of hydrogen-bond acceptors (Lipinski definition) is 5. The highest BCUT2D eigenvalue weighted by Gasteiger charge is 2.23. The molecule has 0 atom stereocenters. The lowest BCUT2D eigenvalue weighted by Crippen LogP contribution is -2.37. The normalized spacial score (nSPS) is 14.6. The van der Waals surface area contributed by atoms with Crippen LogP contribution in [0.25, 0.3) is 0 Å². The fraction of sp³-hybridized carbons (Fsp3) is 0.375. The Bertz CT molecular complexity index is 1010. The molecular weight excluding hydrogens is 399 g/mol. The van der Waals surface area contributed by atoms with E-state index in [0.29, 0.717) is 0 Å². The average Bonchev–Trinajstić information content (AvgIpc) is 2.61. The predicted molar refractivity (Wildman–Crippen MR) is 101 cm³/mol. The van der Waals surface area contributed by atoms with Gasteiger partial charge in [-0.3, -0.25) is 4.79 Å². The van der Waals surface area contributed by atoms with Crippen LogP contribution in [0, 0.1) is 0 Å². The van der Waals surface area contributed by atoms with Crippen LogP contribution in [0.2, 0.25) is 10.0 Å². The number of rotatable bonds is 4. The zero-order chi connectivity index (χ0) is 19.1. The molecule has 26 heavy (non-hydrogen) atoms. The van der Waals surface area contributed by atoms with E-state index in [1.54, 1.807) is 18.2 Å². The largest absolute Gasteiger partial charge is 0.352 e. The van der Waals surface area contributed by atoms with E-state index in [4.69, 9.17) is 23.2 Å². The Labute approximate surface area is 161 Å². The Morgan fingerprint density at radius 3 is 2.69 bits per heavy atom. The standard InChI is InChI=1S/C16H18Cl2N4O3S/c1-20(2)26(24,25)12-5-6-14-11(8-12)4-3-7-21(14)10-22-16(23)15(18)13(17)9-19-22/h5-6,8-9H,3-4,7,10H2,1-2H3. The van der Waals surface area contributed by atoms with Crippen LogP contribution in [0.15, 0.2) is 34.1 Å². The fourth-order valence-electron chi connectivity index (χ4n) is 2.88. The van der Waals surface area contributed by atoms with E-state index in [2.05, 4.69) is 5.10 Å². The van der Waals surface area contributed by atoms with Gasteiger partial charge in [-0.05, 0) is 36.6 Å². The molecule has 0 aliphatic carbocycles. The molecule has 0 N–H and O–H groups in total. The summed E-state index contributed by atoms with van der Waals surface area (Å²) in [6.45, 7) is 0.934. The molecule has 3 rings (SSSR count). The smallest absolute Gasteiger partial charge is 0.288 e. The molecular formula is C16H18Cl2N4O3S. The van der Waals surface area contributed by atoms with Gasteiger partial charge in [-0.1, -0.05) is 23.2 Å². The van der Waals surface area contributed by atoms with Crippen LogP contribution in [0.4, 0.5) is 5.69 Å². The van der Waals surface area contributed by atoms with Crippen molar-refractivity contribution in [2.24, 2.45) is 0 Å². The number of nitrogens with zero attached hydrogens (tertiary/aromatic N) is 4. The van der Waals surface area contributed by atoms with Crippen molar-refractivity contribution in [2.45, 2.75) is 24.4 Å². The molecule has 0 saturated heterocycles. The highest BCUT2D eigenvalue weighted by molar-refractivity contribution is 7.89. The molecule has 1 aromatic carbocycles. The minimum absolute atomic E-state index is 0.0636. The second kappa shape index (κ2) is 7.19. The van der Waals surface area contributed by atoms with Crippen LogP contribution in [-0.4, -0.2) is 43.1 Å². The van der Waals surface area contributed by atoms with Crippen molar-refractivity contribution in [2.75, 3.05) is 25.5 Å². The summed E-state index contributed by atoms with van der Waals surface area (Å²) in [6, 6.07) is 5.05. The molecule has 0 radical (unpaired) electrons. The van der Waals surface area contributed by atoms with Gasteiger partial charge in [-0.15, -0.1) is 0 Å². The topological polar surface area (TPSA) is 75.5 Å². The van der Waals surface area contributed by atoms with E-state index in [9.17, 15) is 13.2 Å². The van der Waals surface area contributed by atoms with E-state index >= 15 is 0 Å². The second-order valence-corrected chi connectivity index (χ2v) is 9.13. The Hall–Kier alpha value is -1.61. The van der Waals surface area contributed by atoms with E-state index in [1.165, 1.54) is 29.3 Å². The maximum atomic E-state index is 12.3. The minimum atomic E-state index is -3.49. The molecule has 1 aliphatic rings. The molecule has 2 heterocycles. The van der Waals surface area contributed by atoms with Crippen LogP contribution in [0.1, 0.15) is 12.0 Å². The maximum Gasteiger partial charge on any atom is 0.288 e. The quantitative estimate of drug-likeness (QED) is 0.763. The first kappa shape index (κ1) is 19.2. The van der Waals surface area contributed by atoms with Gasteiger partial charge in [0.1, 0.15) is 11.7 Å². The molecule has 2 aromatic rings. The van der Waals surface area contributed by atoms with Crippen molar-refractivity contribution >= 4 is 38.9 Å². The Morgan fingerprint density at radius 1 is 1.27 bits per heavy atom. The third kappa shape index (κ3) is 3.46. The number of hydrogen-bond donors (Lipinski definition) is 0. The van der Waals surface area contributed by atoms with Crippen LogP contribution in [0.5, 0.6) is 0 Å². The molecule has 0 amide bonds. The molecule has 10 heteroatoms. The zero-order valence-electron chi connectivity index (χ0n) is 14.3. The molecule has 140 valence electrons. The molecule has 0 spiro atoms. The fourth-order valence-corrected chi connectivity index (χ4v) is 4.10. The predicted octanol–water partition coefficient (Wildman–Crippen LogP) is 2.21. The molecule has 7 nitrogen and oxygen atoms in total. The van der Waals surface area contributed by atoms with Crippen LogP contribution >= 0.6 is 23.2 Å². The van der Waals surface area contributed by atoms with Gasteiger partial charge in [0, 0.05) is 26.3 Å². The SMILES string of the molecule is CN(C)S(=O)(=O)c1ccc2c(c1)CCCN2Cn1ncc(Cl)c(Cl)c1=O. The van der Waals surface area contributed by atoms with Crippen molar-refractivity contribution in [3.8, 4) is 0 Å². The molecule has 0 unspecified atom stereocenters.